The molecule has 0 bridgehead atoms. The fraction of sp³-hybridized carbons (Fsp3) is 0.355. The molecule has 0 spiro atoms. The van der Waals surface area contributed by atoms with Gasteiger partial charge in [-0.1, -0.05) is 86.9 Å². The fourth-order valence-corrected chi connectivity index (χ4v) is 4.96. The molecule has 1 aliphatic carbocycles. The molecular weight excluding hydrogens is 404 g/mol. The second-order valence-electron chi connectivity index (χ2n) is 9.03. The third-order valence-electron chi connectivity index (χ3n) is 6.69. The molecule has 172 valence electrons. The average molecular weight is 441 g/mol. The molecule has 0 N–H and O–H groups in total. The number of aryl methyl sites for hydroxylation is 1. The zero-order valence-corrected chi connectivity index (χ0v) is 20.3. The smallest absolute Gasteiger partial charge is 0.168 e. The summed E-state index contributed by atoms with van der Waals surface area (Å²) in [5.74, 6) is 2.40. The topological polar surface area (TPSA) is 18.5 Å². The van der Waals surface area contributed by atoms with Crippen LogP contribution in [0, 0.1) is 5.92 Å². The summed E-state index contributed by atoms with van der Waals surface area (Å²) in [5, 5.41) is 0. The van der Waals surface area contributed by atoms with Gasteiger partial charge in [-0.2, -0.15) is 0 Å². The number of ether oxygens (including phenoxy) is 2. The molecule has 1 saturated carbocycles. The molecule has 2 nitrogen and oxygen atoms in total. The molecule has 3 aromatic rings. The van der Waals surface area contributed by atoms with Crippen molar-refractivity contribution in [1.29, 1.82) is 0 Å². The highest BCUT2D eigenvalue weighted by Gasteiger charge is 2.19. The van der Waals surface area contributed by atoms with Gasteiger partial charge in [-0.25, -0.2) is 0 Å². The Hall–Kier alpha value is -3.00. The minimum atomic E-state index is 0.671. The molecule has 0 radical (unpaired) electrons. The summed E-state index contributed by atoms with van der Waals surface area (Å²) in [6, 6.07) is 23.8. The molecule has 0 unspecified atom stereocenters. The lowest BCUT2D eigenvalue weighted by molar-refractivity contribution is 0.241. The Morgan fingerprint density at radius 1 is 0.939 bits per heavy atom. The van der Waals surface area contributed by atoms with E-state index < -0.39 is 0 Å². The van der Waals surface area contributed by atoms with Gasteiger partial charge in [-0.05, 0) is 72.1 Å². The van der Waals surface area contributed by atoms with E-state index in [9.17, 15) is 0 Å². The molecule has 0 aliphatic heterocycles. The maximum atomic E-state index is 6.36. The minimum absolute atomic E-state index is 0.671. The zero-order valence-electron chi connectivity index (χ0n) is 20.3. The first-order valence-electron chi connectivity index (χ1n) is 12.4. The van der Waals surface area contributed by atoms with E-state index in [-0.39, 0.29) is 0 Å². The highest BCUT2D eigenvalue weighted by Crippen LogP contribution is 2.41. The van der Waals surface area contributed by atoms with E-state index in [1.54, 1.807) is 7.11 Å². The van der Waals surface area contributed by atoms with Crippen molar-refractivity contribution in [2.24, 2.45) is 5.92 Å². The largest absolute Gasteiger partial charge is 0.492 e. The Balaban J connectivity index is 1.66. The van der Waals surface area contributed by atoms with Crippen LogP contribution >= 0.6 is 0 Å². The number of hydrogen-bond acceptors (Lipinski definition) is 2. The van der Waals surface area contributed by atoms with Crippen LogP contribution in [0.1, 0.15) is 62.6 Å². The van der Waals surface area contributed by atoms with E-state index >= 15 is 0 Å². The van der Waals surface area contributed by atoms with Crippen LogP contribution in [0.3, 0.4) is 0 Å². The SMILES string of the molecule is C/C=C(/c1ccccc1)c1ccc(-c2cc(CCC)cc(OCC3CCCC3)c2OC)cc1. The van der Waals surface area contributed by atoms with E-state index in [2.05, 4.69) is 86.7 Å². The summed E-state index contributed by atoms with van der Waals surface area (Å²) in [5.41, 5.74) is 7.26. The number of rotatable bonds is 9. The molecule has 1 fully saturated rings. The maximum Gasteiger partial charge on any atom is 0.168 e. The Morgan fingerprint density at radius 3 is 2.27 bits per heavy atom. The van der Waals surface area contributed by atoms with E-state index in [1.807, 2.05) is 0 Å². The van der Waals surface area contributed by atoms with Crippen molar-refractivity contribution in [3.63, 3.8) is 0 Å². The molecular formula is C31H36O2. The first kappa shape index (κ1) is 23.2. The van der Waals surface area contributed by atoms with Crippen molar-refractivity contribution < 1.29 is 9.47 Å². The van der Waals surface area contributed by atoms with Crippen molar-refractivity contribution in [1.82, 2.24) is 0 Å². The molecule has 0 amide bonds. The van der Waals surface area contributed by atoms with Gasteiger partial charge in [0.15, 0.2) is 11.5 Å². The Kier molecular flexibility index (Phi) is 7.88. The van der Waals surface area contributed by atoms with Gasteiger partial charge in [0, 0.05) is 5.56 Å². The quantitative estimate of drug-likeness (QED) is 0.333. The zero-order chi connectivity index (χ0) is 23.0. The standard InChI is InChI=1S/C31H36O2/c1-4-11-24-20-29(31(32-3)30(21-24)33-22-23-12-9-10-13-23)27-18-16-26(17-19-27)28(5-2)25-14-7-6-8-15-25/h5-8,14-21,23H,4,9-13,22H2,1-3H3/b28-5-. The highest BCUT2D eigenvalue weighted by molar-refractivity contribution is 5.82. The molecule has 0 heterocycles. The summed E-state index contributed by atoms with van der Waals surface area (Å²) in [6.45, 7) is 5.10. The molecule has 0 aromatic heterocycles. The lowest BCUT2D eigenvalue weighted by Gasteiger charge is -2.19. The molecule has 4 rings (SSSR count). The lowest BCUT2D eigenvalue weighted by atomic mass is 9.94. The fourth-order valence-electron chi connectivity index (χ4n) is 4.96. The molecule has 0 saturated heterocycles. The van der Waals surface area contributed by atoms with Crippen molar-refractivity contribution in [2.75, 3.05) is 13.7 Å². The van der Waals surface area contributed by atoms with Crippen LogP contribution < -0.4 is 9.47 Å². The Bertz CT molecular complexity index is 1060. The van der Waals surface area contributed by atoms with Gasteiger partial charge in [0.05, 0.1) is 13.7 Å². The van der Waals surface area contributed by atoms with Crippen LogP contribution in [-0.4, -0.2) is 13.7 Å². The van der Waals surface area contributed by atoms with Gasteiger partial charge in [0.1, 0.15) is 0 Å². The summed E-state index contributed by atoms with van der Waals surface area (Å²) >= 11 is 0. The van der Waals surface area contributed by atoms with Gasteiger partial charge in [0.2, 0.25) is 0 Å². The number of benzene rings is 3. The predicted octanol–water partition coefficient (Wildman–Crippen LogP) is 8.34. The lowest BCUT2D eigenvalue weighted by Crippen LogP contribution is -2.09. The van der Waals surface area contributed by atoms with Crippen molar-refractivity contribution in [2.45, 2.75) is 52.4 Å². The van der Waals surface area contributed by atoms with E-state index in [1.165, 1.54) is 47.9 Å². The minimum Gasteiger partial charge on any atom is -0.492 e. The van der Waals surface area contributed by atoms with Gasteiger partial charge < -0.3 is 9.47 Å². The third kappa shape index (κ3) is 5.50. The monoisotopic (exact) mass is 440 g/mol. The predicted molar refractivity (Wildman–Crippen MR) is 139 cm³/mol. The van der Waals surface area contributed by atoms with Gasteiger partial charge in [-0.15, -0.1) is 0 Å². The van der Waals surface area contributed by atoms with Crippen LogP contribution in [0.5, 0.6) is 11.5 Å². The molecule has 1 aliphatic rings. The third-order valence-corrected chi connectivity index (χ3v) is 6.69. The highest BCUT2D eigenvalue weighted by atomic mass is 16.5. The van der Waals surface area contributed by atoms with Crippen LogP contribution in [0.15, 0.2) is 72.8 Å². The second kappa shape index (κ2) is 11.2. The second-order valence-corrected chi connectivity index (χ2v) is 9.03. The van der Waals surface area contributed by atoms with Crippen molar-refractivity contribution >= 4 is 5.57 Å². The number of methoxy groups -OCH3 is 1. The molecule has 2 heteroatoms. The Labute approximate surface area is 199 Å². The number of hydrogen-bond donors (Lipinski definition) is 0. The van der Waals surface area contributed by atoms with Gasteiger partial charge in [0.25, 0.3) is 0 Å². The summed E-state index contributed by atoms with van der Waals surface area (Å²) in [7, 11) is 1.75. The van der Waals surface area contributed by atoms with Crippen LogP contribution in [0.2, 0.25) is 0 Å². The van der Waals surface area contributed by atoms with Gasteiger partial charge >= 0.3 is 0 Å². The first-order chi connectivity index (χ1) is 16.2. The van der Waals surface area contributed by atoms with Gasteiger partial charge in [-0.3, -0.25) is 0 Å². The van der Waals surface area contributed by atoms with E-state index in [4.69, 9.17) is 9.47 Å². The summed E-state index contributed by atoms with van der Waals surface area (Å²) in [4.78, 5) is 0. The van der Waals surface area contributed by atoms with Crippen LogP contribution in [0.25, 0.3) is 16.7 Å². The maximum absolute atomic E-state index is 6.36. The summed E-state index contributed by atoms with van der Waals surface area (Å²) in [6.07, 6.45) is 9.54. The van der Waals surface area contributed by atoms with E-state index in [0.717, 1.165) is 42.1 Å². The number of allylic oxidation sites excluding steroid dienone is 1. The average Bonchev–Trinajstić information content (AvgIpc) is 3.38. The Morgan fingerprint density at radius 2 is 1.64 bits per heavy atom. The van der Waals surface area contributed by atoms with Crippen LogP contribution in [-0.2, 0) is 6.42 Å². The molecule has 3 aromatic carbocycles. The van der Waals surface area contributed by atoms with Crippen LogP contribution in [0.4, 0.5) is 0 Å². The normalized spacial score (nSPS) is 14.5. The van der Waals surface area contributed by atoms with E-state index in [0.29, 0.717) is 5.92 Å². The summed E-state index contributed by atoms with van der Waals surface area (Å²) < 4.78 is 12.3. The molecule has 0 atom stereocenters. The van der Waals surface area contributed by atoms with Crippen molar-refractivity contribution in [3.05, 3.63) is 89.5 Å². The molecule has 33 heavy (non-hydrogen) atoms. The van der Waals surface area contributed by atoms with Crippen molar-refractivity contribution in [3.8, 4) is 22.6 Å². The first-order valence-corrected chi connectivity index (χ1v) is 12.4.